The highest BCUT2D eigenvalue weighted by molar-refractivity contribution is 6.05. The van der Waals surface area contributed by atoms with Crippen molar-refractivity contribution >= 4 is 23.3 Å². The van der Waals surface area contributed by atoms with Crippen LogP contribution in [0.4, 0.5) is 5.69 Å². The maximum absolute atomic E-state index is 12.9. The Balaban J connectivity index is 1.49. The quantitative estimate of drug-likeness (QED) is 0.601. The molecule has 2 aliphatic rings. The number of nitrogens with zero attached hydrogens (tertiary/aromatic N) is 1. The Bertz CT molecular complexity index is 1070. The van der Waals surface area contributed by atoms with Crippen LogP contribution in [-0.4, -0.2) is 56.1 Å². The Labute approximate surface area is 199 Å². The van der Waals surface area contributed by atoms with Gasteiger partial charge in [0, 0.05) is 18.7 Å². The summed E-state index contributed by atoms with van der Waals surface area (Å²) >= 11 is 0. The van der Waals surface area contributed by atoms with E-state index in [0.29, 0.717) is 35.9 Å². The molecule has 180 valence electrons. The van der Waals surface area contributed by atoms with E-state index in [1.54, 1.807) is 25.1 Å². The molecule has 2 atom stereocenters. The highest BCUT2D eigenvalue weighted by Gasteiger charge is 2.34. The zero-order valence-corrected chi connectivity index (χ0v) is 19.8. The first-order chi connectivity index (χ1) is 16.3. The van der Waals surface area contributed by atoms with E-state index in [2.05, 4.69) is 5.32 Å². The Morgan fingerprint density at radius 3 is 2.68 bits per heavy atom. The Hall–Kier alpha value is -3.39. The number of Topliss-reactive ketones (excluding diaryl/α,β-unsaturated/α-hetero) is 1. The minimum atomic E-state index is -0.771. The van der Waals surface area contributed by atoms with Crippen LogP contribution in [-0.2, 0) is 14.3 Å². The molecule has 0 aliphatic carbocycles. The van der Waals surface area contributed by atoms with Crippen molar-refractivity contribution in [3.05, 3.63) is 53.1 Å². The molecule has 0 bridgehead atoms. The number of ketones is 1. The van der Waals surface area contributed by atoms with Crippen LogP contribution in [0.25, 0.3) is 0 Å². The molecule has 0 radical (unpaired) electrons. The number of ether oxygens (including phenoxy) is 3. The minimum absolute atomic E-state index is 0.00457. The average Bonchev–Trinajstić information content (AvgIpc) is 3.35. The summed E-state index contributed by atoms with van der Waals surface area (Å²) in [6, 6.07) is 9.91. The molecule has 1 fully saturated rings. The largest absolute Gasteiger partial charge is 0.485 e. The number of rotatable bonds is 8. The summed E-state index contributed by atoms with van der Waals surface area (Å²) in [4.78, 5) is 39.8. The number of para-hydroxylation sites is 1. The van der Waals surface area contributed by atoms with E-state index in [1.807, 2.05) is 32.0 Å². The van der Waals surface area contributed by atoms with Crippen LogP contribution < -0.4 is 19.7 Å². The predicted octanol–water partition coefficient (Wildman–Crippen LogP) is 2.97. The number of amides is 2. The molecular formula is C26H30N2O6. The van der Waals surface area contributed by atoms with E-state index in [4.69, 9.17) is 14.2 Å². The standard InChI is InChI=1S/C26H30N2O6/c1-16-6-4-7-17(2)25(16)34-14-22(29)19-9-10-23-21(12-19)28(24(30)15-33-23)18(3)26(31)27-13-20-8-5-11-32-20/h4,6-7,9-10,12,18,20H,5,8,11,13-15H2,1-3H3,(H,27,31). The number of carbonyl (C=O) groups is 3. The first-order valence-electron chi connectivity index (χ1n) is 11.6. The molecule has 2 heterocycles. The van der Waals surface area contributed by atoms with Gasteiger partial charge >= 0.3 is 0 Å². The van der Waals surface area contributed by atoms with Gasteiger partial charge in [0.15, 0.2) is 19.0 Å². The zero-order chi connectivity index (χ0) is 24.2. The van der Waals surface area contributed by atoms with E-state index < -0.39 is 6.04 Å². The lowest BCUT2D eigenvalue weighted by Crippen LogP contribution is -2.52. The van der Waals surface area contributed by atoms with Crippen molar-refractivity contribution in [1.82, 2.24) is 5.32 Å². The van der Waals surface area contributed by atoms with Crippen molar-refractivity contribution < 1.29 is 28.6 Å². The highest BCUT2D eigenvalue weighted by atomic mass is 16.5. The van der Waals surface area contributed by atoms with Gasteiger partial charge in [-0.15, -0.1) is 0 Å². The van der Waals surface area contributed by atoms with Gasteiger partial charge in [0.05, 0.1) is 11.8 Å². The molecule has 2 unspecified atom stereocenters. The smallest absolute Gasteiger partial charge is 0.265 e. The number of anilines is 1. The average molecular weight is 467 g/mol. The van der Waals surface area contributed by atoms with Gasteiger partial charge in [-0.2, -0.15) is 0 Å². The number of fused-ring (bicyclic) bond motifs is 1. The second-order valence-electron chi connectivity index (χ2n) is 8.72. The summed E-state index contributed by atoms with van der Waals surface area (Å²) in [6.45, 7) is 6.32. The molecule has 2 aliphatic heterocycles. The first kappa shape index (κ1) is 23.8. The third kappa shape index (κ3) is 5.07. The molecule has 0 saturated carbocycles. The van der Waals surface area contributed by atoms with Crippen molar-refractivity contribution in [2.45, 2.75) is 45.8 Å². The van der Waals surface area contributed by atoms with E-state index in [1.165, 1.54) is 4.90 Å². The summed E-state index contributed by atoms with van der Waals surface area (Å²) in [5.41, 5.74) is 2.67. The summed E-state index contributed by atoms with van der Waals surface area (Å²) in [6.07, 6.45) is 1.89. The monoisotopic (exact) mass is 466 g/mol. The molecular weight excluding hydrogens is 436 g/mol. The third-order valence-corrected chi connectivity index (χ3v) is 6.21. The molecule has 2 aromatic carbocycles. The van der Waals surface area contributed by atoms with Gasteiger partial charge in [-0.05, 0) is 62.9 Å². The highest BCUT2D eigenvalue weighted by Crippen LogP contribution is 2.34. The lowest BCUT2D eigenvalue weighted by Gasteiger charge is -2.33. The van der Waals surface area contributed by atoms with Crippen molar-refractivity contribution in [2.24, 2.45) is 0 Å². The zero-order valence-electron chi connectivity index (χ0n) is 19.8. The van der Waals surface area contributed by atoms with Crippen LogP contribution >= 0.6 is 0 Å². The summed E-state index contributed by atoms with van der Waals surface area (Å²) in [5.74, 6) is 0.269. The maximum atomic E-state index is 12.9. The molecule has 4 rings (SSSR count). The van der Waals surface area contributed by atoms with Crippen LogP contribution in [0, 0.1) is 13.8 Å². The van der Waals surface area contributed by atoms with Gasteiger partial charge in [-0.25, -0.2) is 0 Å². The number of hydrogen-bond acceptors (Lipinski definition) is 6. The van der Waals surface area contributed by atoms with Crippen LogP contribution in [0.1, 0.15) is 41.3 Å². The van der Waals surface area contributed by atoms with Gasteiger partial charge in [0.25, 0.3) is 5.91 Å². The number of benzene rings is 2. The maximum Gasteiger partial charge on any atom is 0.265 e. The Morgan fingerprint density at radius 2 is 1.97 bits per heavy atom. The van der Waals surface area contributed by atoms with Crippen LogP contribution in [0.2, 0.25) is 0 Å². The van der Waals surface area contributed by atoms with Gasteiger partial charge < -0.3 is 19.5 Å². The van der Waals surface area contributed by atoms with Crippen molar-refractivity contribution in [3.63, 3.8) is 0 Å². The van der Waals surface area contributed by atoms with Gasteiger partial charge in [-0.3, -0.25) is 19.3 Å². The molecule has 0 spiro atoms. The molecule has 2 aromatic rings. The van der Waals surface area contributed by atoms with E-state index in [9.17, 15) is 14.4 Å². The lowest BCUT2D eigenvalue weighted by atomic mass is 10.1. The first-order valence-corrected chi connectivity index (χ1v) is 11.6. The van der Waals surface area contributed by atoms with Crippen molar-refractivity contribution in [3.8, 4) is 11.5 Å². The van der Waals surface area contributed by atoms with Gasteiger partial charge in [0.1, 0.15) is 17.5 Å². The summed E-state index contributed by atoms with van der Waals surface area (Å²) < 4.78 is 16.9. The van der Waals surface area contributed by atoms with Crippen molar-refractivity contribution in [2.75, 3.05) is 31.3 Å². The normalized spacial score (nSPS) is 18.1. The molecule has 34 heavy (non-hydrogen) atoms. The SMILES string of the molecule is Cc1cccc(C)c1OCC(=O)c1ccc2c(c1)N(C(C)C(=O)NCC1CCCO1)C(=O)CO2. The fourth-order valence-corrected chi connectivity index (χ4v) is 4.30. The van der Waals surface area contributed by atoms with E-state index in [-0.39, 0.29) is 36.9 Å². The summed E-state index contributed by atoms with van der Waals surface area (Å²) in [5, 5.41) is 2.87. The van der Waals surface area contributed by atoms with Crippen LogP contribution in [0.3, 0.4) is 0 Å². The number of nitrogens with one attached hydrogen (secondary N) is 1. The van der Waals surface area contributed by atoms with Crippen molar-refractivity contribution in [1.29, 1.82) is 0 Å². The molecule has 1 N–H and O–H groups in total. The molecule has 1 saturated heterocycles. The topological polar surface area (TPSA) is 94.2 Å². The Kier molecular flexibility index (Phi) is 7.17. The molecule has 0 aromatic heterocycles. The third-order valence-electron chi connectivity index (χ3n) is 6.21. The Morgan fingerprint density at radius 1 is 1.21 bits per heavy atom. The predicted molar refractivity (Wildman–Crippen MR) is 127 cm³/mol. The number of carbonyl (C=O) groups excluding carboxylic acids is 3. The number of hydrogen-bond donors (Lipinski definition) is 1. The van der Waals surface area contributed by atoms with Gasteiger partial charge in [0.2, 0.25) is 5.91 Å². The van der Waals surface area contributed by atoms with Crippen LogP contribution in [0.15, 0.2) is 36.4 Å². The molecule has 2 amide bonds. The second kappa shape index (κ2) is 10.3. The number of aryl methyl sites for hydroxylation is 2. The minimum Gasteiger partial charge on any atom is -0.485 e. The molecule has 8 heteroatoms. The molecule has 8 nitrogen and oxygen atoms in total. The fourth-order valence-electron chi connectivity index (χ4n) is 4.30. The van der Waals surface area contributed by atoms with Crippen LogP contribution in [0.5, 0.6) is 11.5 Å². The van der Waals surface area contributed by atoms with Gasteiger partial charge in [-0.1, -0.05) is 18.2 Å². The fraction of sp³-hybridized carbons (Fsp3) is 0.423. The summed E-state index contributed by atoms with van der Waals surface area (Å²) in [7, 11) is 0. The lowest BCUT2D eigenvalue weighted by molar-refractivity contribution is -0.127. The van der Waals surface area contributed by atoms with E-state index >= 15 is 0 Å². The second-order valence-corrected chi connectivity index (χ2v) is 8.72. The van der Waals surface area contributed by atoms with E-state index in [0.717, 1.165) is 24.0 Å².